The summed E-state index contributed by atoms with van der Waals surface area (Å²) >= 11 is 0. The van der Waals surface area contributed by atoms with Crippen LogP contribution in [-0.4, -0.2) is 45.4 Å². The first-order valence-electron chi connectivity index (χ1n) is 9.53. The molecule has 0 saturated carbocycles. The minimum atomic E-state index is -0.0826. The summed E-state index contributed by atoms with van der Waals surface area (Å²) in [6, 6.07) is 12.3. The molecule has 2 heterocycles. The summed E-state index contributed by atoms with van der Waals surface area (Å²) in [6.07, 6.45) is 7.32. The van der Waals surface area contributed by atoms with Gasteiger partial charge in [-0.25, -0.2) is 0 Å². The Bertz CT molecular complexity index is 677. The lowest BCUT2D eigenvalue weighted by atomic mass is 9.74. The first kappa shape index (κ1) is 18.6. The topological polar surface area (TPSA) is 58.4 Å². The highest BCUT2D eigenvalue weighted by molar-refractivity contribution is 5.78. The van der Waals surface area contributed by atoms with E-state index < -0.39 is 0 Å². The third-order valence-electron chi connectivity index (χ3n) is 5.70. The van der Waals surface area contributed by atoms with Crippen molar-refractivity contribution in [2.45, 2.75) is 39.2 Å². The van der Waals surface area contributed by atoms with Gasteiger partial charge in [-0.15, -0.1) is 0 Å². The maximum absolute atomic E-state index is 12.7. The molecule has 2 aromatic rings. The van der Waals surface area contributed by atoms with E-state index in [1.807, 2.05) is 34.8 Å². The fraction of sp³-hybridized carbons (Fsp3) is 0.524. The van der Waals surface area contributed by atoms with Gasteiger partial charge in [-0.05, 0) is 42.7 Å². The molecule has 0 unspecified atom stereocenters. The second kappa shape index (κ2) is 8.49. The minimum absolute atomic E-state index is 0.0577. The van der Waals surface area contributed by atoms with Crippen molar-refractivity contribution in [2.24, 2.45) is 11.3 Å². The van der Waals surface area contributed by atoms with Crippen LogP contribution >= 0.6 is 0 Å². The molecular weight excluding hydrogens is 326 g/mol. The number of aliphatic hydroxyl groups excluding tert-OH is 1. The number of aliphatic hydroxyl groups is 1. The van der Waals surface area contributed by atoms with E-state index in [4.69, 9.17) is 0 Å². The molecular formula is C21H29N3O2. The molecule has 0 radical (unpaired) electrons. The molecule has 1 aliphatic heterocycles. The summed E-state index contributed by atoms with van der Waals surface area (Å²) in [7, 11) is 0. The molecule has 1 aliphatic rings. The summed E-state index contributed by atoms with van der Waals surface area (Å²) < 4.78 is 1.81. The number of aryl methyl sites for hydroxylation is 1. The van der Waals surface area contributed by atoms with Gasteiger partial charge in [0.15, 0.2) is 0 Å². The van der Waals surface area contributed by atoms with Crippen LogP contribution in [0.25, 0.3) is 0 Å². The summed E-state index contributed by atoms with van der Waals surface area (Å²) in [5, 5.41) is 14.2. The maximum atomic E-state index is 12.7. The fourth-order valence-electron chi connectivity index (χ4n) is 3.82. The second-order valence-electron chi connectivity index (χ2n) is 7.60. The molecule has 1 N–H and O–H groups in total. The van der Waals surface area contributed by atoms with Crippen LogP contribution in [0.5, 0.6) is 0 Å². The van der Waals surface area contributed by atoms with E-state index >= 15 is 0 Å². The Morgan fingerprint density at radius 3 is 2.58 bits per heavy atom. The zero-order chi connectivity index (χ0) is 18.4. The zero-order valence-corrected chi connectivity index (χ0v) is 15.6. The van der Waals surface area contributed by atoms with Crippen LogP contribution in [0, 0.1) is 11.3 Å². The van der Waals surface area contributed by atoms with Gasteiger partial charge in [0.05, 0.1) is 12.5 Å². The monoisotopic (exact) mass is 355 g/mol. The molecule has 1 saturated heterocycles. The number of aromatic nitrogens is 2. The SMILES string of the molecule is C[C@H](Cn1cccn1)C(=O)N1CCC(CO)(CCc2ccccc2)CC1. The average Bonchev–Trinajstić information content (AvgIpc) is 3.20. The van der Waals surface area contributed by atoms with Gasteiger partial charge in [0.25, 0.3) is 0 Å². The highest BCUT2D eigenvalue weighted by Gasteiger charge is 2.36. The number of benzene rings is 1. The van der Waals surface area contributed by atoms with Crippen LogP contribution in [0.1, 0.15) is 31.7 Å². The highest BCUT2D eigenvalue weighted by atomic mass is 16.3. The van der Waals surface area contributed by atoms with Crippen molar-refractivity contribution in [1.82, 2.24) is 14.7 Å². The standard InChI is InChI=1S/C21H29N3O2/c1-18(16-24-13-5-12-22-24)20(26)23-14-10-21(17-25,11-15-23)9-8-19-6-3-2-4-7-19/h2-7,12-13,18,25H,8-11,14-17H2,1H3/t18-/m1/s1. The molecule has 5 heteroatoms. The first-order valence-corrected chi connectivity index (χ1v) is 9.53. The van der Waals surface area contributed by atoms with E-state index in [-0.39, 0.29) is 23.8 Å². The van der Waals surface area contributed by atoms with Crippen LogP contribution in [-0.2, 0) is 17.8 Å². The van der Waals surface area contributed by atoms with Gasteiger partial charge in [0.1, 0.15) is 0 Å². The number of piperidine rings is 1. The van der Waals surface area contributed by atoms with Gasteiger partial charge in [-0.2, -0.15) is 5.10 Å². The number of carbonyl (C=O) groups excluding carboxylic acids is 1. The summed E-state index contributed by atoms with van der Waals surface area (Å²) in [6.45, 7) is 4.24. The normalized spacial score (nSPS) is 17.8. The molecule has 1 aromatic carbocycles. The van der Waals surface area contributed by atoms with Gasteiger partial charge in [-0.1, -0.05) is 37.3 Å². The Labute approximate surface area is 155 Å². The van der Waals surface area contributed by atoms with E-state index in [0.29, 0.717) is 6.54 Å². The summed E-state index contributed by atoms with van der Waals surface area (Å²) in [5.74, 6) is 0.107. The predicted octanol–water partition coefficient (Wildman–Crippen LogP) is 2.75. The number of likely N-dealkylation sites (tertiary alicyclic amines) is 1. The number of amides is 1. The Morgan fingerprint density at radius 1 is 1.23 bits per heavy atom. The lowest BCUT2D eigenvalue weighted by molar-refractivity contribution is -0.138. The molecule has 5 nitrogen and oxygen atoms in total. The van der Waals surface area contributed by atoms with Crippen molar-refractivity contribution in [3.63, 3.8) is 0 Å². The maximum Gasteiger partial charge on any atom is 0.227 e. The van der Waals surface area contributed by atoms with E-state index in [9.17, 15) is 9.90 Å². The Hall–Kier alpha value is -2.14. The number of carbonyl (C=O) groups is 1. The molecule has 3 rings (SSSR count). The summed E-state index contributed by atoms with van der Waals surface area (Å²) in [4.78, 5) is 14.7. The third-order valence-corrected chi connectivity index (χ3v) is 5.70. The van der Waals surface area contributed by atoms with Gasteiger partial charge in [0.2, 0.25) is 5.91 Å². The van der Waals surface area contributed by atoms with Crippen LogP contribution in [0.15, 0.2) is 48.8 Å². The average molecular weight is 355 g/mol. The molecule has 1 aromatic heterocycles. The Morgan fingerprint density at radius 2 is 1.96 bits per heavy atom. The molecule has 1 amide bonds. The van der Waals surface area contributed by atoms with Crippen molar-refractivity contribution in [3.05, 3.63) is 54.4 Å². The lowest BCUT2D eigenvalue weighted by Crippen LogP contribution is -2.47. The number of hydrogen-bond donors (Lipinski definition) is 1. The highest BCUT2D eigenvalue weighted by Crippen LogP contribution is 2.36. The number of rotatable bonds is 7. The Kier molecular flexibility index (Phi) is 6.09. The molecule has 140 valence electrons. The van der Waals surface area contributed by atoms with Crippen molar-refractivity contribution in [2.75, 3.05) is 19.7 Å². The van der Waals surface area contributed by atoms with E-state index in [1.54, 1.807) is 6.20 Å². The smallest absolute Gasteiger partial charge is 0.227 e. The van der Waals surface area contributed by atoms with Crippen LogP contribution in [0.4, 0.5) is 0 Å². The molecule has 0 spiro atoms. The van der Waals surface area contributed by atoms with Crippen LogP contribution in [0.3, 0.4) is 0 Å². The van der Waals surface area contributed by atoms with Gasteiger partial charge in [-0.3, -0.25) is 9.48 Å². The predicted molar refractivity (Wildman–Crippen MR) is 101 cm³/mol. The molecule has 26 heavy (non-hydrogen) atoms. The third kappa shape index (κ3) is 4.52. The van der Waals surface area contributed by atoms with Crippen LogP contribution < -0.4 is 0 Å². The van der Waals surface area contributed by atoms with E-state index in [0.717, 1.165) is 38.8 Å². The van der Waals surface area contributed by atoms with Gasteiger partial charge < -0.3 is 10.0 Å². The molecule has 1 atom stereocenters. The lowest BCUT2D eigenvalue weighted by Gasteiger charge is -2.41. The molecule has 1 fully saturated rings. The minimum Gasteiger partial charge on any atom is -0.396 e. The van der Waals surface area contributed by atoms with E-state index in [2.05, 4.69) is 29.4 Å². The van der Waals surface area contributed by atoms with Crippen molar-refractivity contribution in [3.8, 4) is 0 Å². The summed E-state index contributed by atoms with van der Waals surface area (Å²) in [5.41, 5.74) is 1.25. The van der Waals surface area contributed by atoms with Crippen molar-refractivity contribution in [1.29, 1.82) is 0 Å². The number of hydrogen-bond acceptors (Lipinski definition) is 3. The molecule has 0 aliphatic carbocycles. The second-order valence-corrected chi connectivity index (χ2v) is 7.60. The first-order chi connectivity index (χ1) is 12.6. The Balaban J connectivity index is 1.52. The molecule has 0 bridgehead atoms. The quantitative estimate of drug-likeness (QED) is 0.831. The van der Waals surface area contributed by atoms with E-state index in [1.165, 1.54) is 5.56 Å². The van der Waals surface area contributed by atoms with Gasteiger partial charge in [0, 0.05) is 32.1 Å². The number of nitrogens with zero attached hydrogens (tertiary/aromatic N) is 3. The van der Waals surface area contributed by atoms with Crippen LogP contribution in [0.2, 0.25) is 0 Å². The van der Waals surface area contributed by atoms with Crippen molar-refractivity contribution >= 4 is 5.91 Å². The van der Waals surface area contributed by atoms with Crippen molar-refractivity contribution < 1.29 is 9.90 Å². The van der Waals surface area contributed by atoms with Gasteiger partial charge >= 0.3 is 0 Å². The largest absolute Gasteiger partial charge is 0.396 e. The zero-order valence-electron chi connectivity index (χ0n) is 15.6. The fourth-order valence-corrected chi connectivity index (χ4v) is 3.82.